The van der Waals surface area contributed by atoms with Gasteiger partial charge in [0.15, 0.2) is 5.96 Å². The van der Waals surface area contributed by atoms with E-state index in [-0.39, 0.29) is 45.3 Å². The second-order valence-corrected chi connectivity index (χ2v) is 19.5. The third-order valence-electron chi connectivity index (χ3n) is 10.9. The molecule has 3 aliphatic rings. The Balaban J connectivity index is 1.65. The van der Waals surface area contributed by atoms with Gasteiger partial charge in [-0.1, -0.05) is 19.8 Å². The van der Waals surface area contributed by atoms with Crippen LogP contribution in [-0.4, -0.2) is 105 Å². The largest absolute Gasteiger partial charge is 0.369 e. The summed E-state index contributed by atoms with van der Waals surface area (Å²) < 4.78 is 0. The summed E-state index contributed by atoms with van der Waals surface area (Å²) >= 11 is 0. The lowest BCUT2D eigenvalue weighted by Gasteiger charge is -2.50. The first kappa shape index (κ1) is 40.0. The molecule has 0 saturated carbocycles. The number of hydrogen-bond acceptors (Lipinski definition) is 5. The van der Waals surface area contributed by atoms with Gasteiger partial charge < -0.3 is 36.4 Å². The lowest BCUT2D eigenvalue weighted by Crippen LogP contribution is -2.63. The highest BCUT2D eigenvalue weighted by atomic mass is 15.3. The van der Waals surface area contributed by atoms with Gasteiger partial charge in [0.2, 0.25) is 5.96 Å². The monoisotopic (exact) mass is 660 g/mol. The summed E-state index contributed by atoms with van der Waals surface area (Å²) in [5, 5.41) is 20.7. The van der Waals surface area contributed by atoms with E-state index in [1.807, 2.05) is 0 Å². The predicted molar refractivity (Wildman–Crippen MR) is 202 cm³/mol. The van der Waals surface area contributed by atoms with E-state index in [0.717, 1.165) is 45.2 Å². The summed E-state index contributed by atoms with van der Waals surface area (Å²) in [6, 6.07) is 1.15. The van der Waals surface area contributed by atoms with Crippen LogP contribution >= 0.6 is 0 Å². The number of unbranched alkanes of at least 4 members (excludes halogenated alkanes) is 3. The summed E-state index contributed by atoms with van der Waals surface area (Å²) in [5.74, 6) is 0.767. The van der Waals surface area contributed by atoms with Crippen molar-refractivity contribution >= 4 is 11.9 Å². The van der Waals surface area contributed by atoms with Crippen LogP contribution in [0.2, 0.25) is 0 Å². The van der Waals surface area contributed by atoms with E-state index in [4.69, 9.17) is 10.7 Å². The molecule has 0 aromatic rings. The number of piperidine rings is 3. The van der Waals surface area contributed by atoms with Crippen molar-refractivity contribution < 1.29 is 0 Å². The Morgan fingerprint density at radius 1 is 0.617 bits per heavy atom. The molecule has 0 bridgehead atoms. The number of hydrogen-bond donors (Lipinski definition) is 5. The van der Waals surface area contributed by atoms with Crippen LogP contribution in [-0.2, 0) is 0 Å². The van der Waals surface area contributed by atoms with Gasteiger partial charge in [0.1, 0.15) is 0 Å². The zero-order valence-corrected chi connectivity index (χ0v) is 33.3. The van der Waals surface area contributed by atoms with Gasteiger partial charge in [-0.15, -0.1) is 0 Å². The van der Waals surface area contributed by atoms with Gasteiger partial charge >= 0.3 is 0 Å². The topological polar surface area (TPSA) is 108 Å². The van der Waals surface area contributed by atoms with Gasteiger partial charge in [0, 0.05) is 65.0 Å². The molecule has 0 spiro atoms. The minimum absolute atomic E-state index is 0.00928. The van der Waals surface area contributed by atoms with Gasteiger partial charge in [0.25, 0.3) is 0 Å². The molecule has 0 radical (unpaired) electrons. The lowest BCUT2D eigenvalue weighted by molar-refractivity contribution is 0.0679. The highest BCUT2D eigenvalue weighted by Gasteiger charge is 2.42. The molecule has 3 saturated heterocycles. The van der Waals surface area contributed by atoms with E-state index < -0.39 is 0 Å². The van der Waals surface area contributed by atoms with Crippen LogP contribution in [0.4, 0.5) is 0 Å². The highest BCUT2D eigenvalue weighted by Crippen LogP contribution is 2.34. The zero-order valence-electron chi connectivity index (χ0n) is 33.3. The van der Waals surface area contributed by atoms with Gasteiger partial charge in [0.05, 0.1) is 0 Å². The fourth-order valence-corrected chi connectivity index (χ4v) is 10.0. The van der Waals surface area contributed by atoms with Crippen LogP contribution in [0, 0.1) is 5.41 Å². The number of nitrogens with zero attached hydrogens (tertiary/aromatic N) is 4. The molecule has 3 aliphatic heterocycles. The molecule has 0 aromatic heterocycles. The maximum absolute atomic E-state index is 9.30. The Morgan fingerprint density at radius 3 is 1.38 bits per heavy atom. The normalized spacial score (nSPS) is 25.9. The third kappa shape index (κ3) is 12.1. The van der Waals surface area contributed by atoms with Crippen molar-refractivity contribution in [2.75, 3.05) is 26.7 Å². The van der Waals surface area contributed by atoms with Crippen molar-refractivity contribution in [3.8, 4) is 0 Å². The molecule has 0 amide bonds. The Kier molecular flexibility index (Phi) is 12.6. The average Bonchev–Trinajstić information content (AvgIpc) is 2.84. The molecule has 9 heteroatoms. The molecule has 274 valence electrons. The molecule has 0 aliphatic carbocycles. The van der Waals surface area contributed by atoms with Crippen molar-refractivity contribution in [3.05, 3.63) is 0 Å². The van der Waals surface area contributed by atoms with E-state index in [0.29, 0.717) is 18.0 Å². The van der Waals surface area contributed by atoms with Gasteiger partial charge in [-0.25, -0.2) is 0 Å². The van der Waals surface area contributed by atoms with Gasteiger partial charge in [-0.3, -0.25) is 5.41 Å². The molecule has 0 unspecified atom stereocenters. The second kappa shape index (κ2) is 14.8. The highest BCUT2D eigenvalue weighted by molar-refractivity contribution is 5.92. The number of rotatable bonds is 11. The lowest BCUT2D eigenvalue weighted by atomic mass is 9.79. The molecule has 9 nitrogen and oxygen atoms in total. The first-order valence-electron chi connectivity index (χ1n) is 18.9. The van der Waals surface area contributed by atoms with Crippen LogP contribution in [0.15, 0.2) is 4.99 Å². The maximum Gasteiger partial charge on any atom is 0.221 e. The van der Waals surface area contributed by atoms with Crippen LogP contribution < -0.4 is 21.7 Å². The van der Waals surface area contributed by atoms with Crippen LogP contribution in [0.1, 0.15) is 154 Å². The maximum atomic E-state index is 9.30. The Labute approximate surface area is 290 Å². The number of nitrogens with one attached hydrogen (secondary N) is 4. The first-order chi connectivity index (χ1) is 21.3. The first-order valence-corrected chi connectivity index (χ1v) is 18.9. The smallest absolute Gasteiger partial charge is 0.221 e. The van der Waals surface area contributed by atoms with E-state index in [1.165, 1.54) is 38.6 Å². The minimum atomic E-state index is -0.00928. The molecular weight excluding hydrogens is 582 g/mol. The molecule has 3 fully saturated rings. The van der Waals surface area contributed by atoms with Crippen LogP contribution in [0.5, 0.6) is 0 Å². The summed E-state index contributed by atoms with van der Waals surface area (Å²) in [7, 11) is 2.06. The van der Waals surface area contributed by atoms with Crippen molar-refractivity contribution in [1.82, 2.24) is 30.7 Å². The van der Waals surface area contributed by atoms with Crippen LogP contribution in [0.3, 0.4) is 0 Å². The number of nitrogens with two attached hydrogens (primary N) is 1. The third-order valence-corrected chi connectivity index (χ3v) is 10.9. The van der Waals surface area contributed by atoms with Crippen molar-refractivity contribution in [2.45, 2.75) is 206 Å². The van der Waals surface area contributed by atoms with E-state index in [9.17, 15) is 5.41 Å². The minimum Gasteiger partial charge on any atom is -0.369 e. The van der Waals surface area contributed by atoms with Crippen molar-refractivity contribution in [3.63, 3.8) is 0 Å². The molecule has 0 aromatic carbocycles. The molecule has 47 heavy (non-hydrogen) atoms. The summed E-state index contributed by atoms with van der Waals surface area (Å²) in [6.07, 6.45) is 11.0. The van der Waals surface area contributed by atoms with Crippen molar-refractivity contribution in [1.29, 1.82) is 5.41 Å². The molecule has 0 atom stereocenters. The van der Waals surface area contributed by atoms with Crippen LogP contribution in [0.25, 0.3) is 0 Å². The second-order valence-electron chi connectivity index (χ2n) is 19.5. The Bertz CT molecular complexity index is 1030. The average molecular weight is 660 g/mol. The summed E-state index contributed by atoms with van der Waals surface area (Å²) in [5.41, 5.74) is 7.06. The van der Waals surface area contributed by atoms with E-state index >= 15 is 0 Å². The molecule has 6 N–H and O–H groups in total. The van der Waals surface area contributed by atoms with Gasteiger partial charge in [-0.05, 0) is 148 Å². The van der Waals surface area contributed by atoms with E-state index in [1.54, 1.807) is 0 Å². The zero-order chi connectivity index (χ0) is 35.6. The predicted octanol–water partition coefficient (Wildman–Crippen LogP) is 6.28. The molecular formula is C38H77N9. The Morgan fingerprint density at radius 2 is 0.979 bits per heavy atom. The SMILES string of the molecule is CCN(CCCCCCN(C(=N)/N=C(\N)N(C)C1CC(C)(C)NC(C)(C)C1)C1CC(C)(C)NC(C)(C)C1)C1CC(C)(C)NC(C)(C)C1. The van der Waals surface area contributed by atoms with Crippen molar-refractivity contribution in [2.24, 2.45) is 10.7 Å². The van der Waals surface area contributed by atoms with E-state index in [2.05, 4.69) is 128 Å². The van der Waals surface area contributed by atoms with Gasteiger partial charge in [-0.2, -0.15) is 4.99 Å². The quantitative estimate of drug-likeness (QED) is 0.101. The Hall–Kier alpha value is -1.42. The summed E-state index contributed by atoms with van der Waals surface area (Å²) in [6.45, 7) is 33.1. The summed E-state index contributed by atoms with van der Waals surface area (Å²) in [4.78, 5) is 11.9. The number of aliphatic imine (C=N–C) groups is 1. The molecule has 3 heterocycles. The number of guanidine groups is 2. The standard InChI is InChI=1S/C38H77N9/c1-15-46(29-24-35(6,7)43-36(8,9)25-29)20-18-16-17-19-21-47(30-26-37(10,11)44-38(12,13)27-30)32(40)41-31(39)45(14)28-22-33(2,3)42-34(4,5)23-28/h28-30,42-44H,15-27H2,1-14H3,(H3,39,40,41). The fourth-order valence-electron chi connectivity index (χ4n) is 10.0. The fraction of sp³-hybridized carbons (Fsp3) is 0.947. The molecule has 3 rings (SSSR count).